The summed E-state index contributed by atoms with van der Waals surface area (Å²) in [5, 5.41) is 24.0. The van der Waals surface area contributed by atoms with Gasteiger partial charge in [-0.15, -0.1) is 0 Å². The van der Waals surface area contributed by atoms with Gasteiger partial charge in [-0.1, -0.05) is 19.8 Å². The molecule has 1 fully saturated rings. The van der Waals surface area contributed by atoms with Crippen molar-refractivity contribution in [2.75, 3.05) is 18.5 Å². The summed E-state index contributed by atoms with van der Waals surface area (Å²) in [5.41, 5.74) is 0.264. The summed E-state index contributed by atoms with van der Waals surface area (Å²) in [6.07, 6.45) is 4.70. The van der Waals surface area contributed by atoms with E-state index in [1.54, 1.807) is 6.07 Å². The Kier molecular flexibility index (Phi) is 5.01. The number of aliphatic hydroxyl groups excluding tert-OH is 1. The van der Waals surface area contributed by atoms with Gasteiger partial charge in [-0.05, 0) is 19.3 Å². The Morgan fingerprint density at radius 2 is 2.10 bits per heavy atom. The number of nitro benzene ring substituents is 1. The number of hydrogen-bond donors (Lipinski definition) is 2. The van der Waals surface area contributed by atoms with Crippen molar-refractivity contribution in [2.45, 2.75) is 44.6 Å². The van der Waals surface area contributed by atoms with Gasteiger partial charge in [0.15, 0.2) is 0 Å². The van der Waals surface area contributed by atoms with Crippen LogP contribution in [0.15, 0.2) is 18.2 Å². The van der Waals surface area contributed by atoms with Crippen LogP contribution in [0, 0.1) is 10.1 Å². The van der Waals surface area contributed by atoms with E-state index in [-0.39, 0.29) is 17.8 Å². The molecule has 21 heavy (non-hydrogen) atoms. The first-order chi connectivity index (χ1) is 10.1. The standard InChI is InChI=1S/C15H22N2O4/c1-2-7-21-14-9-12(8-13(10-14)17(19)20)16-15(11-18)5-3-4-6-15/h8-10,16,18H,2-7,11H2,1H3. The van der Waals surface area contributed by atoms with Gasteiger partial charge in [0.25, 0.3) is 5.69 Å². The summed E-state index contributed by atoms with van der Waals surface area (Å²) in [6, 6.07) is 4.69. The average molecular weight is 294 g/mol. The van der Waals surface area contributed by atoms with Gasteiger partial charge in [0.2, 0.25) is 0 Å². The van der Waals surface area contributed by atoms with Crippen LogP contribution in [-0.2, 0) is 0 Å². The lowest BCUT2D eigenvalue weighted by atomic mass is 9.98. The van der Waals surface area contributed by atoms with Gasteiger partial charge >= 0.3 is 0 Å². The molecule has 1 aromatic rings. The molecule has 6 heteroatoms. The van der Waals surface area contributed by atoms with Crippen molar-refractivity contribution in [3.63, 3.8) is 0 Å². The molecule has 1 aliphatic carbocycles. The number of nitrogens with zero attached hydrogens (tertiary/aromatic N) is 1. The van der Waals surface area contributed by atoms with Gasteiger partial charge in [0, 0.05) is 17.8 Å². The lowest BCUT2D eigenvalue weighted by molar-refractivity contribution is -0.384. The van der Waals surface area contributed by atoms with Crippen molar-refractivity contribution in [2.24, 2.45) is 0 Å². The van der Waals surface area contributed by atoms with Gasteiger partial charge in [-0.2, -0.15) is 0 Å². The molecule has 0 heterocycles. The molecule has 1 saturated carbocycles. The van der Waals surface area contributed by atoms with Gasteiger partial charge in [0.1, 0.15) is 5.75 Å². The number of rotatable bonds is 7. The van der Waals surface area contributed by atoms with Gasteiger partial charge in [0.05, 0.1) is 29.7 Å². The van der Waals surface area contributed by atoms with Gasteiger partial charge < -0.3 is 15.2 Å². The van der Waals surface area contributed by atoms with Crippen molar-refractivity contribution in [1.29, 1.82) is 0 Å². The Labute approximate surface area is 124 Å². The van der Waals surface area contributed by atoms with E-state index in [0.717, 1.165) is 32.1 Å². The molecule has 0 saturated heterocycles. The number of anilines is 1. The smallest absolute Gasteiger partial charge is 0.275 e. The van der Waals surface area contributed by atoms with Crippen molar-refractivity contribution in [1.82, 2.24) is 0 Å². The number of non-ortho nitro benzene ring substituents is 1. The molecule has 6 nitrogen and oxygen atoms in total. The molecular formula is C15H22N2O4. The Morgan fingerprint density at radius 1 is 1.38 bits per heavy atom. The molecule has 0 amide bonds. The monoisotopic (exact) mass is 294 g/mol. The lowest BCUT2D eigenvalue weighted by Gasteiger charge is -2.29. The summed E-state index contributed by atoms with van der Waals surface area (Å²) in [4.78, 5) is 10.6. The van der Waals surface area contributed by atoms with E-state index in [0.29, 0.717) is 18.0 Å². The summed E-state index contributed by atoms with van der Waals surface area (Å²) in [6.45, 7) is 2.53. The van der Waals surface area contributed by atoms with Crippen LogP contribution in [0.3, 0.4) is 0 Å². The number of nitro groups is 1. The van der Waals surface area contributed by atoms with Crippen molar-refractivity contribution < 1.29 is 14.8 Å². The van der Waals surface area contributed by atoms with E-state index in [9.17, 15) is 15.2 Å². The highest BCUT2D eigenvalue weighted by atomic mass is 16.6. The van der Waals surface area contributed by atoms with Crippen molar-refractivity contribution >= 4 is 11.4 Å². The minimum absolute atomic E-state index is 0.00260. The number of hydrogen-bond acceptors (Lipinski definition) is 5. The molecule has 1 aromatic carbocycles. The molecule has 0 aromatic heterocycles. The number of ether oxygens (including phenoxy) is 1. The second kappa shape index (κ2) is 6.76. The van der Waals surface area contributed by atoms with Gasteiger partial charge in [-0.25, -0.2) is 0 Å². The summed E-state index contributed by atoms with van der Waals surface area (Å²) in [7, 11) is 0. The molecule has 2 rings (SSSR count). The van der Waals surface area contributed by atoms with Crippen LogP contribution in [0.5, 0.6) is 5.75 Å². The maximum absolute atomic E-state index is 11.0. The molecule has 0 spiro atoms. The third-order valence-corrected chi connectivity index (χ3v) is 3.85. The maximum atomic E-state index is 11.0. The molecule has 0 atom stereocenters. The quantitative estimate of drug-likeness (QED) is 0.596. The molecule has 0 bridgehead atoms. The SMILES string of the molecule is CCCOc1cc(NC2(CO)CCCC2)cc([N+](=O)[O-])c1. The third-order valence-electron chi connectivity index (χ3n) is 3.85. The zero-order chi connectivity index (χ0) is 15.3. The van der Waals surface area contributed by atoms with Crippen LogP contribution in [0.2, 0.25) is 0 Å². The Bertz CT molecular complexity index is 498. The largest absolute Gasteiger partial charge is 0.493 e. The molecule has 0 radical (unpaired) electrons. The first kappa shape index (κ1) is 15.6. The van der Waals surface area contributed by atoms with Crippen LogP contribution < -0.4 is 10.1 Å². The Balaban J connectivity index is 2.24. The fraction of sp³-hybridized carbons (Fsp3) is 0.600. The predicted octanol–water partition coefficient (Wildman–Crippen LogP) is 3.10. The fourth-order valence-corrected chi connectivity index (χ4v) is 2.74. The summed E-state index contributed by atoms with van der Waals surface area (Å²) in [5.74, 6) is 0.486. The molecule has 2 N–H and O–H groups in total. The minimum Gasteiger partial charge on any atom is -0.493 e. The zero-order valence-corrected chi connectivity index (χ0v) is 12.3. The highest BCUT2D eigenvalue weighted by molar-refractivity contribution is 5.57. The Morgan fingerprint density at radius 3 is 2.67 bits per heavy atom. The van der Waals surface area contributed by atoms with E-state index in [1.165, 1.54) is 12.1 Å². The molecule has 116 valence electrons. The predicted molar refractivity (Wildman–Crippen MR) is 80.8 cm³/mol. The third kappa shape index (κ3) is 3.85. The number of nitrogens with one attached hydrogen (secondary N) is 1. The van der Waals surface area contributed by atoms with Crippen LogP contribution in [0.1, 0.15) is 39.0 Å². The van der Waals surface area contributed by atoms with E-state index in [2.05, 4.69) is 5.32 Å². The second-order valence-corrected chi connectivity index (χ2v) is 5.59. The lowest BCUT2D eigenvalue weighted by Crippen LogP contribution is -2.39. The average Bonchev–Trinajstić information content (AvgIpc) is 2.94. The first-order valence-electron chi connectivity index (χ1n) is 7.40. The first-order valence-corrected chi connectivity index (χ1v) is 7.40. The topological polar surface area (TPSA) is 84.6 Å². The second-order valence-electron chi connectivity index (χ2n) is 5.59. The van der Waals surface area contributed by atoms with Crippen LogP contribution >= 0.6 is 0 Å². The van der Waals surface area contributed by atoms with Crippen LogP contribution in [0.4, 0.5) is 11.4 Å². The van der Waals surface area contributed by atoms with E-state index < -0.39 is 4.92 Å². The van der Waals surface area contributed by atoms with Crippen LogP contribution in [-0.4, -0.2) is 28.8 Å². The highest BCUT2D eigenvalue weighted by Gasteiger charge is 2.33. The summed E-state index contributed by atoms with van der Waals surface area (Å²) < 4.78 is 5.51. The fourth-order valence-electron chi connectivity index (χ4n) is 2.74. The molecule has 1 aliphatic rings. The maximum Gasteiger partial charge on any atom is 0.275 e. The van der Waals surface area contributed by atoms with Crippen molar-refractivity contribution in [3.8, 4) is 5.75 Å². The van der Waals surface area contributed by atoms with E-state index in [1.807, 2.05) is 6.92 Å². The molecular weight excluding hydrogens is 272 g/mol. The van der Waals surface area contributed by atoms with Crippen molar-refractivity contribution in [3.05, 3.63) is 28.3 Å². The van der Waals surface area contributed by atoms with Crippen LogP contribution in [0.25, 0.3) is 0 Å². The summed E-state index contributed by atoms with van der Waals surface area (Å²) >= 11 is 0. The highest BCUT2D eigenvalue weighted by Crippen LogP contribution is 2.35. The number of aliphatic hydroxyl groups is 1. The Hall–Kier alpha value is -1.82. The minimum atomic E-state index is -0.426. The van der Waals surface area contributed by atoms with Gasteiger partial charge in [-0.3, -0.25) is 10.1 Å². The van der Waals surface area contributed by atoms with E-state index in [4.69, 9.17) is 4.74 Å². The molecule has 0 aliphatic heterocycles. The normalized spacial score (nSPS) is 16.7. The van der Waals surface area contributed by atoms with E-state index >= 15 is 0 Å². The zero-order valence-electron chi connectivity index (χ0n) is 12.3. The molecule has 0 unspecified atom stereocenters. The number of benzene rings is 1.